The summed E-state index contributed by atoms with van der Waals surface area (Å²) in [6.07, 6.45) is 1.51. The minimum atomic E-state index is -0.297. The Kier molecular flexibility index (Phi) is 4.89. The van der Waals surface area contributed by atoms with Crippen LogP contribution in [0.3, 0.4) is 0 Å². The van der Waals surface area contributed by atoms with Gasteiger partial charge < -0.3 is 15.4 Å². The first-order chi connectivity index (χ1) is 12.2. The Morgan fingerprint density at radius 2 is 2.12 bits per heavy atom. The second kappa shape index (κ2) is 7.43. The molecule has 1 aromatic heterocycles. The van der Waals surface area contributed by atoms with E-state index in [1.165, 1.54) is 6.33 Å². The van der Waals surface area contributed by atoms with Gasteiger partial charge in [0.2, 0.25) is 0 Å². The number of hydrogen-bond donors (Lipinski definition) is 2. The van der Waals surface area contributed by atoms with Crippen molar-refractivity contribution in [3.63, 3.8) is 0 Å². The number of nitrogens with one attached hydrogen (secondary N) is 2. The van der Waals surface area contributed by atoms with Crippen molar-refractivity contribution in [2.45, 2.75) is 13.5 Å². The molecule has 0 bridgehead atoms. The van der Waals surface area contributed by atoms with Crippen LogP contribution in [0.15, 0.2) is 48.8 Å². The van der Waals surface area contributed by atoms with E-state index in [2.05, 4.69) is 26.2 Å². The highest BCUT2D eigenvalue weighted by molar-refractivity contribution is 5.89. The van der Waals surface area contributed by atoms with Gasteiger partial charge in [-0.25, -0.2) is 9.48 Å². The zero-order chi connectivity index (χ0) is 17.6. The van der Waals surface area contributed by atoms with Crippen molar-refractivity contribution in [1.82, 2.24) is 25.5 Å². The van der Waals surface area contributed by atoms with E-state index < -0.39 is 0 Å². The lowest BCUT2D eigenvalue weighted by Gasteiger charge is -2.11. The van der Waals surface area contributed by atoms with Gasteiger partial charge in [-0.15, -0.1) is 5.10 Å². The lowest BCUT2D eigenvalue weighted by atomic mass is 10.2. The van der Waals surface area contributed by atoms with Gasteiger partial charge >= 0.3 is 6.03 Å². The molecule has 8 nitrogen and oxygen atoms in total. The number of carbonyl (C=O) groups excluding carboxylic acids is 1. The maximum absolute atomic E-state index is 12.1. The van der Waals surface area contributed by atoms with Crippen LogP contribution < -0.4 is 15.4 Å². The second-order valence-corrected chi connectivity index (χ2v) is 5.41. The average Bonchev–Trinajstić information content (AvgIpc) is 3.16. The number of anilines is 1. The van der Waals surface area contributed by atoms with Crippen LogP contribution in [-0.4, -0.2) is 33.3 Å². The summed E-state index contributed by atoms with van der Waals surface area (Å²) in [6, 6.07) is 12.8. The van der Waals surface area contributed by atoms with E-state index in [-0.39, 0.29) is 6.03 Å². The standard InChI is InChI=1S/C17H18N6O2/c1-12-6-7-14(9-16(12)23-11-19-21-22-23)20-17(24)18-10-13-4-3-5-15(8-13)25-2/h3-9,11H,10H2,1-2H3,(H2,18,20,24). The second-order valence-electron chi connectivity index (χ2n) is 5.41. The molecule has 0 saturated heterocycles. The van der Waals surface area contributed by atoms with E-state index in [0.29, 0.717) is 12.2 Å². The normalized spacial score (nSPS) is 10.3. The number of aromatic nitrogens is 4. The van der Waals surface area contributed by atoms with Crippen molar-refractivity contribution in [3.8, 4) is 11.4 Å². The Labute approximate surface area is 144 Å². The van der Waals surface area contributed by atoms with Crippen LogP contribution in [0.4, 0.5) is 10.5 Å². The first-order valence-corrected chi connectivity index (χ1v) is 7.67. The third-order valence-electron chi connectivity index (χ3n) is 3.65. The van der Waals surface area contributed by atoms with Gasteiger partial charge in [0.15, 0.2) is 0 Å². The van der Waals surface area contributed by atoms with E-state index in [0.717, 1.165) is 22.6 Å². The highest BCUT2D eigenvalue weighted by Gasteiger charge is 2.07. The van der Waals surface area contributed by atoms with Crippen molar-refractivity contribution in [3.05, 3.63) is 59.9 Å². The third kappa shape index (κ3) is 4.11. The Balaban J connectivity index is 1.64. The molecule has 2 amide bonds. The largest absolute Gasteiger partial charge is 0.497 e. The zero-order valence-corrected chi connectivity index (χ0v) is 13.9. The van der Waals surface area contributed by atoms with Gasteiger partial charge in [0.1, 0.15) is 12.1 Å². The Bertz CT molecular complexity index is 863. The number of tetrazole rings is 1. The number of nitrogens with zero attached hydrogens (tertiary/aromatic N) is 4. The number of ether oxygens (including phenoxy) is 1. The lowest BCUT2D eigenvalue weighted by Crippen LogP contribution is -2.28. The molecule has 3 rings (SSSR count). The SMILES string of the molecule is COc1cccc(CNC(=O)Nc2ccc(C)c(-n3cnnn3)c2)c1. The smallest absolute Gasteiger partial charge is 0.319 e. The summed E-state index contributed by atoms with van der Waals surface area (Å²) in [5.74, 6) is 0.754. The first kappa shape index (κ1) is 16.4. The van der Waals surface area contributed by atoms with Crippen LogP contribution in [0, 0.1) is 6.92 Å². The fraction of sp³-hybridized carbons (Fsp3) is 0.176. The van der Waals surface area contributed by atoms with Gasteiger partial charge in [-0.2, -0.15) is 0 Å². The van der Waals surface area contributed by atoms with Gasteiger partial charge in [-0.3, -0.25) is 0 Å². The topological polar surface area (TPSA) is 94.0 Å². The molecule has 0 atom stereocenters. The molecule has 2 aromatic carbocycles. The van der Waals surface area contributed by atoms with E-state index in [4.69, 9.17) is 4.74 Å². The molecule has 0 radical (unpaired) electrons. The molecule has 0 aliphatic heterocycles. The van der Waals surface area contributed by atoms with Crippen molar-refractivity contribution in [2.24, 2.45) is 0 Å². The average molecular weight is 338 g/mol. The molecular formula is C17H18N6O2. The highest BCUT2D eigenvalue weighted by atomic mass is 16.5. The fourth-order valence-electron chi connectivity index (χ4n) is 2.35. The van der Waals surface area contributed by atoms with Crippen molar-refractivity contribution in [1.29, 1.82) is 0 Å². The minimum Gasteiger partial charge on any atom is -0.497 e. The molecule has 0 saturated carbocycles. The van der Waals surface area contributed by atoms with Crippen LogP contribution in [0.5, 0.6) is 5.75 Å². The van der Waals surface area contributed by atoms with Gasteiger partial charge in [0.05, 0.1) is 12.8 Å². The number of amides is 2. The maximum Gasteiger partial charge on any atom is 0.319 e. The van der Waals surface area contributed by atoms with Gasteiger partial charge in [-0.05, 0) is 52.7 Å². The minimum absolute atomic E-state index is 0.297. The van der Waals surface area contributed by atoms with Crippen molar-refractivity contribution in [2.75, 3.05) is 12.4 Å². The van der Waals surface area contributed by atoms with E-state index in [9.17, 15) is 4.79 Å². The summed E-state index contributed by atoms with van der Waals surface area (Å²) in [4.78, 5) is 12.1. The lowest BCUT2D eigenvalue weighted by molar-refractivity contribution is 0.251. The van der Waals surface area contributed by atoms with Gasteiger partial charge in [0.25, 0.3) is 0 Å². The predicted molar refractivity (Wildman–Crippen MR) is 92.7 cm³/mol. The monoisotopic (exact) mass is 338 g/mol. The molecule has 0 spiro atoms. The highest BCUT2D eigenvalue weighted by Crippen LogP contribution is 2.18. The van der Waals surface area contributed by atoms with E-state index in [1.54, 1.807) is 11.8 Å². The third-order valence-corrected chi connectivity index (χ3v) is 3.65. The predicted octanol–water partition coefficient (Wildman–Crippen LogP) is 2.30. The number of benzene rings is 2. The van der Waals surface area contributed by atoms with Crippen molar-refractivity contribution >= 4 is 11.7 Å². The number of methoxy groups -OCH3 is 1. The molecule has 1 heterocycles. The Morgan fingerprint density at radius 1 is 1.24 bits per heavy atom. The quantitative estimate of drug-likeness (QED) is 0.744. The van der Waals surface area contributed by atoms with E-state index in [1.807, 2.05) is 49.4 Å². The van der Waals surface area contributed by atoms with Crippen LogP contribution >= 0.6 is 0 Å². The summed E-state index contributed by atoms with van der Waals surface area (Å²) in [7, 11) is 1.61. The van der Waals surface area contributed by atoms with E-state index >= 15 is 0 Å². The summed E-state index contributed by atoms with van der Waals surface area (Å²) in [5.41, 5.74) is 3.40. The molecule has 0 aliphatic rings. The van der Waals surface area contributed by atoms with Gasteiger partial charge in [-0.1, -0.05) is 18.2 Å². The summed E-state index contributed by atoms with van der Waals surface area (Å²) >= 11 is 0. The van der Waals surface area contributed by atoms with Crippen LogP contribution in [0.2, 0.25) is 0 Å². The van der Waals surface area contributed by atoms with Crippen molar-refractivity contribution < 1.29 is 9.53 Å². The summed E-state index contributed by atoms with van der Waals surface area (Å²) in [5, 5.41) is 16.8. The maximum atomic E-state index is 12.1. The molecule has 0 fully saturated rings. The summed E-state index contributed by atoms with van der Waals surface area (Å²) < 4.78 is 6.72. The molecule has 0 aliphatic carbocycles. The molecular weight excluding hydrogens is 320 g/mol. The Hall–Kier alpha value is -3.42. The Morgan fingerprint density at radius 3 is 2.88 bits per heavy atom. The molecule has 25 heavy (non-hydrogen) atoms. The number of carbonyl (C=O) groups is 1. The van der Waals surface area contributed by atoms with Crippen LogP contribution in [0.1, 0.15) is 11.1 Å². The number of rotatable bonds is 5. The number of hydrogen-bond acceptors (Lipinski definition) is 5. The van der Waals surface area contributed by atoms with Gasteiger partial charge in [0, 0.05) is 12.2 Å². The fourth-order valence-corrected chi connectivity index (χ4v) is 2.35. The molecule has 0 unspecified atom stereocenters. The molecule has 128 valence electrons. The summed E-state index contributed by atoms with van der Waals surface area (Å²) in [6.45, 7) is 2.35. The molecule has 3 aromatic rings. The number of aryl methyl sites for hydroxylation is 1. The molecule has 2 N–H and O–H groups in total. The van der Waals surface area contributed by atoms with Crippen LogP contribution in [0.25, 0.3) is 5.69 Å². The zero-order valence-electron chi connectivity index (χ0n) is 13.9. The molecule has 8 heteroatoms. The van der Waals surface area contributed by atoms with Crippen LogP contribution in [-0.2, 0) is 6.54 Å². The number of urea groups is 1. The first-order valence-electron chi connectivity index (χ1n) is 7.67.